The second-order valence-corrected chi connectivity index (χ2v) is 12.3. The summed E-state index contributed by atoms with van der Waals surface area (Å²) in [6.45, 7) is 6.44. The zero-order chi connectivity index (χ0) is 32.5. The van der Waals surface area contributed by atoms with Gasteiger partial charge in [-0.25, -0.2) is 0 Å². The number of carbonyl (C=O) groups is 2. The van der Waals surface area contributed by atoms with Crippen molar-refractivity contribution in [2.45, 2.75) is 161 Å². The molecular formula is C38H66O6. The van der Waals surface area contributed by atoms with E-state index in [1.54, 1.807) is 6.08 Å². The van der Waals surface area contributed by atoms with Crippen LogP contribution in [0.25, 0.3) is 0 Å². The molecule has 0 saturated carbocycles. The molecule has 0 spiro atoms. The van der Waals surface area contributed by atoms with E-state index < -0.39 is 12.2 Å². The minimum atomic E-state index is -1.00. The topological polar surface area (TPSA) is 93.1 Å². The summed E-state index contributed by atoms with van der Waals surface area (Å²) in [5, 5.41) is 19.9. The second kappa shape index (κ2) is 32.2. The first-order valence-electron chi connectivity index (χ1n) is 17.7. The van der Waals surface area contributed by atoms with Gasteiger partial charge in [-0.05, 0) is 50.9 Å². The third-order valence-corrected chi connectivity index (χ3v) is 7.33. The maximum absolute atomic E-state index is 11.9. The van der Waals surface area contributed by atoms with Crippen LogP contribution in [0.4, 0.5) is 0 Å². The van der Waals surface area contributed by atoms with E-state index in [1.165, 1.54) is 64.2 Å². The van der Waals surface area contributed by atoms with Gasteiger partial charge in [0.15, 0.2) is 0 Å². The van der Waals surface area contributed by atoms with Crippen molar-refractivity contribution >= 4 is 11.9 Å². The summed E-state index contributed by atoms with van der Waals surface area (Å²) in [5.41, 5.74) is 0. The molecule has 0 bridgehead atoms. The van der Waals surface area contributed by atoms with Gasteiger partial charge in [0.1, 0.15) is 19.3 Å². The van der Waals surface area contributed by atoms with Crippen LogP contribution in [0.2, 0.25) is 0 Å². The van der Waals surface area contributed by atoms with Crippen LogP contribution in [0.1, 0.15) is 149 Å². The van der Waals surface area contributed by atoms with Gasteiger partial charge in [0.05, 0.1) is 6.10 Å². The van der Waals surface area contributed by atoms with E-state index in [9.17, 15) is 19.8 Å². The lowest BCUT2D eigenvalue weighted by Gasteiger charge is -2.12. The molecule has 6 nitrogen and oxygen atoms in total. The summed E-state index contributed by atoms with van der Waals surface area (Å²) in [6.07, 6.45) is 34.8. The molecule has 0 heterocycles. The third-order valence-electron chi connectivity index (χ3n) is 7.33. The number of allylic oxidation sites excluding steroid dienone is 6. The van der Waals surface area contributed by atoms with Crippen molar-refractivity contribution < 1.29 is 29.3 Å². The summed E-state index contributed by atoms with van der Waals surface area (Å²) in [4.78, 5) is 23.8. The maximum atomic E-state index is 11.9. The first-order chi connectivity index (χ1) is 21.3. The summed E-state index contributed by atoms with van der Waals surface area (Å²) in [5.74, 6) is 0.139. The van der Waals surface area contributed by atoms with E-state index in [0.717, 1.165) is 44.4 Å². The number of rotatable bonds is 30. The molecule has 0 radical (unpaired) electrons. The molecule has 0 saturated heterocycles. The molecule has 0 amide bonds. The van der Waals surface area contributed by atoms with Crippen LogP contribution in [0.3, 0.4) is 0 Å². The van der Waals surface area contributed by atoms with Gasteiger partial charge in [-0.3, -0.25) is 9.59 Å². The van der Waals surface area contributed by atoms with Crippen LogP contribution in [-0.4, -0.2) is 47.6 Å². The van der Waals surface area contributed by atoms with E-state index in [4.69, 9.17) is 9.47 Å². The Labute approximate surface area is 270 Å². The average Bonchev–Trinajstić information content (AvgIpc) is 3.00. The molecule has 0 aliphatic carbocycles. The second-order valence-electron chi connectivity index (χ2n) is 12.3. The highest BCUT2D eigenvalue weighted by atomic mass is 16.6. The highest BCUT2D eigenvalue weighted by molar-refractivity contribution is 5.69. The van der Waals surface area contributed by atoms with Crippen LogP contribution < -0.4 is 0 Å². The molecule has 0 aliphatic rings. The van der Waals surface area contributed by atoms with Crippen molar-refractivity contribution in [2.24, 2.45) is 5.92 Å². The predicted molar refractivity (Wildman–Crippen MR) is 183 cm³/mol. The molecule has 44 heavy (non-hydrogen) atoms. The number of ether oxygens (including phenoxy) is 2. The molecule has 0 rings (SSSR count). The number of aliphatic hydroxyl groups excluding tert-OH is 2. The first kappa shape index (κ1) is 41.8. The predicted octanol–water partition coefficient (Wildman–Crippen LogP) is 9.50. The Bertz CT molecular complexity index is 782. The number of hydrogen-bond donors (Lipinski definition) is 2. The van der Waals surface area contributed by atoms with Crippen LogP contribution in [-0.2, 0) is 19.1 Å². The van der Waals surface area contributed by atoms with E-state index in [-0.39, 0.29) is 31.6 Å². The smallest absolute Gasteiger partial charge is 0.305 e. The van der Waals surface area contributed by atoms with Gasteiger partial charge in [0, 0.05) is 12.8 Å². The maximum Gasteiger partial charge on any atom is 0.305 e. The molecule has 0 aliphatic heterocycles. The Morgan fingerprint density at radius 3 is 1.84 bits per heavy atom. The van der Waals surface area contributed by atoms with E-state index in [2.05, 4.69) is 26.8 Å². The quantitative estimate of drug-likeness (QED) is 0.0360. The standard InChI is InChI=1S/C38H66O6/c1-4-5-6-7-18-23-28-35(39)29-24-19-14-11-12-16-21-26-31-38(42)44-33-36(40)32-43-37(41)30-25-20-15-10-8-9-13-17-22-27-34(2)3/h12,14,16,18-19,23-24,29,34-36,39-40H,4-11,13,15,17,20-22,25-28,30-33H2,1-3H3/b16-12-,19-14-,23-18-,29-24+/t35-,36-/m1/s1. The van der Waals surface area contributed by atoms with Gasteiger partial charge in [0.2, 0.25) is 0 Å². The van der Waals surface area contributed by atoms with E-state index >= 15 is 0 Å². The van der Waals surface area contributed by atoms with Crippen LogP contribution in [0.15, 0.2) is 48.6 Å². The molecule has 0 aromatic rings. The number of carbonyl (C=O) groups excluding carboxylic acids is 2. The average molecular weight is 619 g/mol. The Kier molecular flexibility index (Phi) is 30.6. The van der Waals surface area contributed by atoms with Gasteiger partial charge in [0.25, 0.3) is 0 Å². The molecule has 6 heteroatoms. The Balaban J connectivity index is 3.65. The highest BCUT2D eigenvalue weighted by Crippen LogP contribution is 2.13. The molecule has 0 fully saturated rings. The van der Waals surface area contributed by atoms with Gasteiger partial charge < -0.3 is 19.7 Å². The SMILES string of the molecule is CCCCC/C=C\C[C@@H](O)/C=C/C=C\C/C=C\CCCC(=O)OC[C@H](O)COC(=O)CCCCCCCCCCCC(C)C. The molecule has 2 atom stereocenters. The van der Waals surface area contributed by atoms with Crippen LogP contribution in [0, 0.1) is 5.92 Å². The summed E-state index contributed by atoms with van der Waals surface area (Å²) >= 11 is 0. The number of aliphatic hydroxyl groups is 2. The summed E-state index contributed by atoms with van der Waals surface area (Å²) in [7, 11) is 0. The van der Waals surface area contributed by atoms with Crippen molar-refractivity contribution in [1.82, 2.24) is 0 Å². The summed E-state index contributed by atoms with van der Waals surface area (Å²) in [6, 6.07) is 0. The summed E-state index contributed by atoms with van der Waals surface area (Å²) < 4.78 is 10.2. The molecule has 0 aromatic carbocycles. The van der Waals surface area contributed by atoms with Crippen molar-refractivity contribution in [1.29, 1.82) is 0 Å². The minimum Gasteiger partial charge on any atom is -0.463 e. The van der Waals surface area contributed by atoms with Crippen molar-refractivity contribution in [3.8, 4) is 0 Å². The van der Waals surface area contributed by atoms with Crippen molar-refractivity contribution in [3.63, 3.8) is 0 Å². The monoisotopic (exact) mass is 618 g/mol. The fraction of sp³-hybridized carbons (Fsp3) is 0.737. The highest BCUT2D eigenvalue weighted by Gasteiger charge is 2.12. The first-order valence-corrected chi connectivity index (χ1v) is 17.7. The van der Waals surface area contributed by atoms with E-state index in [0.29, 0.717) is 19.3 Å². The third kappa shape index (κ3) is 32.7. The Hall–Kier alpha value is -2.18. The molecule has 2 N–H and O–H groups in total. The zero-order valence-electron chi connectivity index (χ0n) is 28.4. The fourth-order valence-electron chi connectivity index (χ4n) is 4.58. The fourth-order valence-corrected chi connectivity index (χ4v) is 4.58. The molecular weight excluding hydrogens is 552 g/mol. The minimum absolute atomic E-state index is 0.149. The lowest BCUT2D eigenvalue weighted by molar-refractivity contribution is -0.152. The number of esters is 2. The lowest BCUT2D eigenvalue weighted by Crippen LogP contribution is -2.25. The van der Waals surface area contributed by atoms with Crippen LogP contribution >= 0.6 is 0 Å². The molecule has 254 valence electrons. The van der Waals surface area contributed by atoms with Crippen LogP contribution in [0.5, 0.6) is 0 Å². The lowest BCUT2D eigenvalue weighted by atomic mass is 10.0. The number of hydrogen-bond acceptors (Lipinski definition) is 6. The molecule has 0 aromatic heterocycles. The van der Waals surface area contributed by atoms with Gasteiger partial charge >= 0.3 is 11.9 Å². The van der Waals surface area contributed by atoms with Crippen molar-refractivity contribution in [3.05, 3.63) is 48.6 Å². The molecule has 0 unspecified atom stereocenters. The Morgan fingerprint density at radius 2 is 1.20 bits per heavy atom. The van der Waals surface area contributed by atoms with Gasteiger partial charge in [-0.2, -0.15) is 0 Å². The van der Waals surface area contributed by atoms with E-state index in [1.807, 2.05) is 36.5 Å². The van der Waals surface area contributed by atoms with Gasteiger partial charge in [-0.15, -0.1) is 0 Å². The number of unbranched alkanes of at least 4 members (excludes halogenated alkanes) is 12. The zero-order valence-corrected chi connectivity index (χ0v) is 28.4. The normalized spacial score (nSPS) is 13.6. The van der Waals surface area contributed by atoms with Crippen molar-refractivity contribution in [2.75, 3.05) is 13.2 Å². The Morgan fingerprint density at radius 1 is 0.636 bits per heavy atom. The largest absolute Gasteiger partial charge is 0.463 e. The van der Waals surface area contributed by atoms with Gasteiger partial charge in [-0.1, -0.05) is 140 Å².